The Balaban J connectivity index is 1.85. The number of aryl methyl sites for hydroxylation is 1. The Morgan fingerprint density at radius 2 is 2.05 bits per heavy atom. The number of rotatable bonds is 3. The standard InChI is InChI=1S/C14H20N4OS/c1-10-4-5-11(20-10)12-16-13(17-19-12)14(2,3)18-8-6-15-7-9-18/h4-5,15H,6-9H2,1-3H3. The van der Waals surface area contributed by atoms with Crippen LogP contribution in [0.5, 0.6) is 0 Å². The Hall–Kier alpha value is -1.24. The number of nitrogens with one attached hydrogen (secondary N) is 1. The highest BCUT2D eigenvalue weighted by Crippen LogP contribution is 2.30. The molecule has 0 spiro atoms. The van der Waals surface area contributed by atoms with Gasteiger partial charge in [0.25, 0.3) is 5.89 Å². The number of hydrogen-bond acceptors (Lipinski definition) is 6. The highest BCUT2D eigenvalue weighted by molar-refractivity contribution is 7.15. The van der Waals surface area contributed by atoms with Crippen LogP contribution in [0.4, 0.5) is 0 Å². The third kappa shape index (κ3) is 2.51. The van der Waals surface area contributed by atoms with Gasteiger partial charge in [-0.1, -0.05) is 5.16 Å². The zero-order valence-corrected chi connectivity index (χ0v) is 13.0. The third-order valence-electron chi connectivity index (χ3n) is 3.83. The van der Waals surface area contributed by atoms with E-state index in [0.29, 0.717) is 5.89 Å². The van der Waals surface area contributed by atoms with Gasteiger partial charge in [0.05, 0.1) is 10.4 Å². The molecular weight excluding hydrogens is 272 g/mol. The van der Waals surface area contributed by atoms with Crippen molar-refractivity contribution in [3.8, 4) is 10.8 Å². The van der Waals surface area contributed by atoms with E-state index in [-0.39, 0.29) is 5.54 Å². The SMILES string of the molecule is Cc1ccc(-c2nc(C(C)(C)N3CCNCC3)no2)s1. The minimum absolute atomic E-state index is 0.198. The minimum Gasteiger partial charge on any atom is -0.333 e. The number of piperazine rings is 1. The van der Waals surface area contributed by atoms with Gasteiger partial charge in [0.1, 0.15) is 0 Å². The Kier molecular flexibility index (Phi) is 3.62. The summed E-state index contributed by atoms with van der Waals surface area (Å²) < 4.78 is 5.45. The summed E-state index contributed by atoms with van der Waals surface area (Å²) in [6.07, 6.45) is 0. The maximum atomic E-state index is 5.45. The molecule has 0 bridgehead atoms. The molecule has 1 fully saturated rings. The van der Waals surface area contributed by atoms with Crippen molar-refractivity contribution in [3.63, 3.8) is 0 Å². The van der Waals surface area contributed by atoms with Gasteiger partial charge in [-0.05, 0) is 32.9 Å². The van der Waals surface area contributed by atoms with E-state index in [4.69, 9.17) is 4.52 Å². The molecule has 1 aliphatic rings. The second-order valence-corrected chi connectivity index (χ2v) is 6.92. The maximum absolute atomic E-state index is 5.45. The van der Waals surface area contributed by atoms with E-state index in [0.717, 1.165) is 36.9 Å². The van der Waals surface area contributed by atoms with Gasteiger partial charge in [0.2, 0.25) is 0 Å². The van der Waals surface area contributed by atoms with Crippen molar-refractivity contribution in [1.29, 1.82) is 0 Å². The summed E-state index contributed by atoms with van der Waals surface area (Å²) >= 11 is 1.68. The van der Waals surface area contributed by atoms with Crippen molar-refractivity contribution >= 4 is 11.3 Å². The second kappa shape index (κ2) is 5.27. The van der Waals surface area contributed by atoms with E-state index >= 15 is 0 Å². The smallest absolute Gasteiger partial charge is 0.268 e. The number of hydrogen-bond donors (Lipinski definition) is 1. The van der Waals surface area contributed by atoms with E-state index in [9.17, 15) is 0 Å². The summed E-state index contributed by atoms with van der Waals surface area (Å²) in [5, 5.41) is 7.58. The highest BCUT2D eigenvalue weighted by atomic mass is 32.1. The van der Waals surface area contributed by atoms with Gasteiger partial charge in [0, 0.05) is 31.1 Å². The predicted octanol–water partition coefficient (Wildman–Crippen LogP) is 2.25. The van der Waals surface area contributed by atoms with Crippen molar-refractivity contribution in [2.24, 2.45) is 0 Å². The first kappa shape index (κ1) is 13.7. The Morgan fingerprint density at radius 3 is 2.70 bits per heavy atom. The largest absolute Gasteiger partial charge is 0.333 e. The number of aromatic nitrogens is 2. The summed E-state index contributed by atoms with van der Waals surface area (Å²) in [6.45, 7) is 10.4. The fourth-order valence-electron chi connectivity index (χ4n) is 2.49. The van der Waals surface area contributed by atoms with E-state index in [1.54, 1.807) is 11.3 Å². The monoisotopic (exact) mass is 292 g/mol. The fourth-order valence-corrected chi connectivity index (χ4v) is 3.28. The number of thiophene rings is 1. The average Bonchev–Trinajstić information content (AvgIpc) is 3.08. The molecule has 0 saturated carbocycles. The van der Waals surface area contributed by atoms with Gasteiger partial charge in [-0.2, -0.15) is 4.98 Å². The normalized spacial score (nSPS) is 17.6. The van der Waals surface area contributed by atoms with E-state index in [1.165, 1.54) is 4.88 Å². The maximum Gasteiger partial charge on any atom is 0.268 e. The molecule has 1 saturated heterocycles. The van der Waals surface area contributed by atoms with Crippen LogP contribution >= 0.6 is 11.3 Å². The Bertz CT molecular complexity index is 584. The molecule has 2 aromatic heterocycles. The first-order valence-electron chi connectivity index (χ1n) is 6.94. The lowest BCUT2D eigenvalue weighted by molar-refractivity contribution is 0.0925. The molecule has 0 aromatic carbocycles. The van der Waals surface area contributed by atoms with E-state index in [2.05, 4.69) is 47.2 Å². The molecule has 0 aliphatic carbocycles. The Labute approximate surface area is 123 Å². The molecule has 1 aliphatic heterocycles. The Morgan fingerprint density at radius 1 is 1.30 bits per heavy atom. The fraction of sp³-hybridized carbons (Fsp3) is 0.571. The summed E-state index contributed by atoms with van der Waals surface area (Å²) in [6, 6.07) is 4.11. The first-order chi connectivity index (χ1) is 9.57. The van der Waals surface area contributed by atoms with E-state index < -0.39 is 0 Å². The molecule has 2 aromatic rings. The van der Waals surface area contributed by atoms with Crippen LogP contribution in [0.1, 0.15) is 24.5 Å². The van der Waals surface area contributed by atoms with Gasteiger partial charge in [-0.15, -0.1) is 11.3 Å². The zero-order chi connectivity index (χ0) is 14.2. The van der Waals surface area contributed by atoms with Gasteiger partial charge < -0.3 is 9.84 Å². The quantitative estimate of drug-likeness (QED) is 0.940. The van der Waals surface area contributed by atoms with Crippen molar-refractivity contribution in [2.75, 3.05) is 26.2 Å². The van der Waals surface area contributed by atoms with Crippen LogP contribution in [-0.2, 0) is 5.54 Å². The topological polar surface area (TPSA) is 54.2 Å². The second-order valence-electron chi connectivity index (χ2n) is 5.63. The van der Waals surface area contributed by atoms with Gasteiger partial charge in [-0.25, -0.2) is 0 Å². The molecule has 108 valence electrons. The first-order valence-corrected chi connectivity index (χ1v) is 7.76. The molecule has 3 heterocycles. The summed E-state index contributed by atoms with van der Waals surface area (Å²) in [5.74, 6) is 1.39. The van der Waals surface area contributed by atoms with Crippen molar-refractivity contribution in [2.45, 2.75) is 26.3 Å². The van der Waals surface area contributed by atoms with Crippen LogP contribution in [0.2, 0.25) is 0 Å². The van der Waals surface area contributed by atoms with Crippen LogP contribution in [0, 0.1) is 6.92 Å². The molecule has 0 amide bonds. The summed E-state index contributed by atoms with van der Waals surface area (Å²) in [4.78, 5) is 9.30. The molecule has 1 N–H and O–H groups in total. The number of nitrogens with zero attached hydrogens (tertiary/aromatic N) is 3. The summed E-state index contributed by atoms with van der Waals surface area (Å²) in [7, 11) is 0. The lowest BCUT2D eigenvalue weighted by Gasteiger charge is -2.38. The highest BCUT2D eigenvalue weighted by Gasteiger charge is 2.34. The third-order valence-corrected chi connectivity index (χ3v) is 4.82. The molecule has 6 heteroatoms. The predicted molar refractivity (Wildman–Crippen MR) is 79.8 cm³/mol. The zero-order valence-electron chi connectivity index (χ0n) is 12.1. The van der Waals surface area contributed by atoms with Gasteiger partial charge in [-0.3, -0.25) is 4.90 Å². The lowest BCUT2D eigenvalue weighted by atomic mass is 10.0. The molecule has 0 radical (unpaired) electrons. The molecular formula is C14H20N4OS. The van der Waals surface area contributed by atoms with Crippen LogP contribution in [-0.4, -0.2) is 41.2 Å². The van der Waals surface area contributed by atoms with Crippen molar-refractivity contribution in [3.05, 3.63) is 22.8 Å². The molecule has 0 atom stereocenters. The van der Waals surface area contributed by atoms with Crippen molar-refractivity contribution in [1.82, 2.24) is 20.4 Å². The molecule has 5 nitrogen and oxygen atoms in total. The molecule has 0 unspecified atom stereocenters. The van der Waals surface area contributed by atoms with Crippen LogP contribution in [0.15, 0.2) is 16.7 Å². The van der Waals surface area contributed by atoms with Crippen LogP contribution < -0.4 is 5.32 Å². The average molecular weight is 292 g/mol. The molecule has 3 rings (SSSR count). The minimum atomic E-state index is -0.198. The molecule has 20 heavy (non-hydrogen) atoms. The van der Waals surface area contributed by atoms with E-state index in [1.807, 2.05) is 6.07 Å². The lowest BCUT2D eigenvalue weighted by Crippen LogP contribution is -2.52. The summed E-state index contributed by atoms with van der Waals surface area (Å²) in [5.41, 5.74) is -0.198. The van der Waals surface area contributed by atoms with Gasteiger partial charge >= 0.3 is 0 Å². The van der Waals surface area contributed by atoms with Crippen molar-refractivity contribution < 1.29 is 4.52 Å². The van der Waals surface area contributed by atoms with Gasteiger partial charge in [0.15, 0.2) is 5.82 Å². The van der Waals surface area contributed by atoms with Crippen LogP contribution in [0.25, 0.3) is 10.8 Å². The van der Waals surface area contributed by atoms with Crippen LogP contribution in [0.3, 0.4) is 0 Å².